The van der Waals surface area contributed by atoms with Crippen LogP contribution >= 0.6 is 0 Å². The molecule has 2 N–H and O–H groups in total. The number of anilines is 1. The second kappa shape index (κ2) is 4.64. The SMILES string of the molecule is Cc1cc(N)ccc1Oc1cc(C(F)F)nn1C. The maximum absolute atomic E-state index is 12.5. The third-order valence-electron chi connectivity index (χ3n) is 2.49. The molecular formula is C12H13F2N3O. The molecule has 0 saturated carbocycles. The second-order valence-corrected chi connectivity index (χ2v) is 3.96. The Kier molecular flexibility index (Phi) is 3.18. The van der Waals surface area contributed by atoms with Crippen molar-refractivity contribution in [3.63, 3.8) is 0 Å². The minimum atomic E-state index is -2.61. The predicted octanol–water partition coefficient (Wildman–Crippen LogP) is 3.04. The molecule has 0 atom stereocenters. The van der Waals surface area contributed by atoms with Gasteiger partial charge in [-0.25, -0.2) is 13.5 Å². The van der Waals surface area contributed by atoms with Crippen molar-refractivity contribution in [1.29, 1.82) is 0 Å². The van der Waals surface area contributed by atoms with Gasteiger partial charge in [0.15, 0.2) is 0 Å². The summed E-state index contributed by atoms with van der Waals surface area (Å²) >= 11 is 0. The molecule has 1 aromatic heterocycles. The van der Waals surface area contributed by atoms with Crippen LogP contribution in [0.1, 0.15) is 17.7 Å². The molecule has 0 radical (unpaired) electrons. The molecule has 18 heavy (non-hydrogen) atoms. The molecule has 1 aromatic carbocycles. The largest absolute Gasteiger partial charge is 0.439 e. The van der Waals surface area contributed by atoms with Gasteiger partial charge in [-0.2, -0.15) is 5.10 Å². The molecule has 0 aliphatic carbocycles. The van der Waals surface area contributed by atoms with Gasteiger partial charge >= 0.3 is 0 Å². The van der Waals surface area contributed by atoms with Crippen LogP contribution in [0.25, 0.3) is 0 Å². The van der Waals surface area contributed by atoms with Gasteiger partial charge in [0.25, 0.3) is 6.43 Å². The summed E-state index contributed by atoms with van der Waals surface area (Å²) in [4.78, 5) is 0. The number of nitrogens with zero attached hydrogens (tertiary/aromatic N) is 2. The van der Waals surface area contributed by atoms with Crippen molar-refractivity contribution in [2.24, 2.45) is 7.05 Å². The summed E-state index contributed by atoms with van der Waals surface area (Å²) in [6.45, 7) is 1.83. The van der Waals surface area contributed by atoms with E-state index in [2.05, 4.69) is 5.10 Å². The van der Waals surface area contributed by atoms with Gasteiger partial charge in [-0.3, -0.25) is 0 Å². The summed E-state index contributed by atoms with van der Waals surface area (Å²) in [6, 6.07) is 6.35. The lowest BCUT2D eigenvalue weighted by Crippen LogP contribution is -1.97. The van der Waals surface area contributed by atoms with Gasteiger partial charge in [0, 0.05) is 18.8 Å². The van der Waals surface area contributed by atoms with Crippen LogP contribution in [-0.4, -0.2) is 9.78 Å². The molecule has 0 fully saturated rings. The van der Waals surface area contributed by atoms with Crippen LogP contribution in [0.2, 0.25) is 0 Å². The maximum atomic E-state index is 12.5. The molecule has 0 unspecified atom stereocenters. The number of hydrogen-bond acceptors (Lipinski definition) is 3. The van der Waals surface area contributed by atoms with Crippen molar-refractivity contribution in [2.75, 3.05) is 5.73 Å². The van der Waals surface area contributed by atoms with Gasteiger partial charge < -0.3 is 10.5 Å². The summed E-state index contributed by atoms with van der Waals surface area (Å²) < 4.78 is 31.8. The first-order chi connectivity index (χ1) is 8.47. The van der Waals surface area contributed by atoms with E-state index in [4.69, 9.17) is 10.5 Å². The van der Waals surface area contributed by atoms with E-state index in [0.717, 1.165) is 5.56 Å². The normalized spacial score (nSPS) is 10.9. The average molecular weight is 253 g/mol. The number of ether oxygens (including phenoxy) is 1. The summed E-state index contributed by atoms with van der Waals surface area (Å²) in [5, 5.41) is 3.67. The van der Waals surface area contributed by atoms with Crippen LogP contribution in [0, 0.1) is 6.92 Å². The fraction of sp³-hybridized carbons (Fsp3) is 0.250. The minimum absolute atomic E-state index is 0.262. The van der Waals surface area contributed by atoms with Crippen molar-refractivity contribution >= 4 is 5.69 Å². The summed E-state index contributed by atoms with van der Waals surface area (Å²) in [7, 11) is 1.55. The van der Waals surface area contributed by atoms with E-state index < -0.39 is 6.43 Å². The van der Waals surface area contributed by atoms with Gasteiger partial charge in [-0.15, -0.1) is 0 Å². The van der Waals surface area contributed by atoms with Gasteiger partial charge in [-0.05, 0) is 30.7 Å². The van der Waals surface area contributed by atoms with E-state index in [1.54, 1.807) is 25.2 Å². The summed E-state index contributed by atoms with van der Waals surface area (Å²) in [5.74, 6) is 0.825. The quantitative estimate of drug-likeness (QED) is 0.855. The topological polar surface area (TPSA) is 53.1 Å². The molecule has 96 valence electrons. The van der Waals surface area contributed by atoms with E-state index in [-0.39, 0.29) is 11.6 Å². The molecular weight excluding hydrogens is 240 g/mol. The van der Waals surface area contributed by atoms with E-state index in [1.165, 1.54) is 10.7 Å². The first-order valence-corrected chi connectivity index (χ1v) is 5.33. The molecule has 0 bridgehead atoms. The van der Waals surface area contributed by atoms with Crippen LogP contribution in [0.5, 0.6) is 11.6 Å². The fourth-order valence-corrected chi connectivity index (χ4v) is 1.57. The van der Waals surface area contributed by atoms with E-state index >= 15 is 0 Å². The van der Waals surface area contributed by atoms with Crippen LogP contribution in [-0.2, 0) is 7.05 Å². The minimum Gasteiger partial charge on any atom is -0.439 e. The molecule has 2 rings (SSSR count). The van der Waals surface area contributed by atoms with Gasteiger partial charge in [0.1, 0.15) is 11.4 Å². The molecule has 0 amide bonds. The van der Waals surface area contributed by atoms with E-state index in [1.807, 2.05) is 6.92 Å². The van der Waals surface area contributed by atoms with Crippen molar-refractivity contribution in [3.05, 3.63) is 35.5 Å². The Bertz CT molecular complexity index is 566. The average Bonchev–Trinajstić information content (AvgIpc) is 2.64. The third kappa shape index (κ3) is 2.42. The lowest BCUT2D eigenvalue weighted by Gasteiger charge is -2.08. The number of aromatic nitrogens is 2. The van der Waals surface area contributed by atoms with E-state index in [0.29, 0.717) is 11.4 Å². The molecule has 4 nitrogen and oxygen atoms in total. The highest BCUT2D eigenvalue weighted by Gasteiger charge is 2.15. The molecule has 2 aromatic rings. The van der Waals surface area contributed by atoms with Crippen molar-refractivity contribution in [1.82, 2.24) is 9.78 Å². The summed E-state index contributed by atoms with van der Waals surface area (Å²) in [6.07, 6.45) is -2.61. The van der Waals surface area contributed by atoms with Gasteiger partial charge in [0.2, 0.25) is 5.88 Å². The maximum Gasteiger partial charge on any atom is 0.282 e. The lowest BCUT2D eigenvalue weighted by atomic mass is 10.2. The third-order valence-corrected chi connectivity index (χ3v) is 2.49. The molecule has 0 spiro atoms. The standard InChI is InChI=1S/C12H13F2N3O/c1-7-5-8(15)3-4-10(7)18-11-6-9(12(13)14)16-17(11)2/h3-6,12H,15H2,1-2H3. The Morgan fingerprint density at radius 3 is 2.61 bits per heavy atom. The van der Waals surface area contributed by atoms with Crippen molar-refractivity contribution in [3.8, 4) is 11.6 Å². The highest BCUT2D eigenvalue weighted by atomic mass is 19.3. The molecule has 1 heterocycles. The van der Waals surface area contributed by atoms with Crippen molar-refractivity contribution in [2.45, 2.75) is 13.3 Å². The zero-order chi connectivity index (χ0) is 13.3. The zero-order valence-electron chi connectivity index (χ0n) is 10.0. The number of aryl methyl sites for hydroxylation is 2. The Balaban J connectivity index is 2.28. The van der Waals surface area contributed by atoms with Gasteiger partial charge in [0.05, 0.1) is 0 Å². The Hall–Kier alpha value is -2.11. The predicted molar refractivity (Wildman–Crippen MR) is 63.8 cm³/mol. The zero-order valence-corrected chi connectivity index (χ0v) is 10.0. The van der Waals surface area contributed by atoms with Crippen LogP contribution < -0.4 is 10.5 Å². The van der Waals surface area contributed by atoms with Crippen molar-refractivity contribution < 1.29 is 13.5 Å². The highest BCUT2D eigenvalue weighted by Crippen LogP contribution is 2.28. The Labute approximate surface area is 103 Å². The molecule has 6 heteroatoms. The first-order valence-electron chi connectivity index (χ1n) is 5.33. The van der Waals surface area contributed by atoms with Crippen LogP contribution in [0.15, 0.2) is 24.3 Å². The lowest BCUT2D eigenvalue weighted by molar-refractivity contribution is 0.145. The smallest absolute Gasteiger partial charge is 0.282 e. The Morgan fingerprint density at radius 2 is 2.06 bits per heavy atom. The fourth-order valence-electron chi connectivity index (χ4n) is 1.57. The second-order valence-electron chi connectivity index (χ2n) is 3.96. The number of rotatable bonds is 3. The molecule has 0 aliphatic rings. The monoisotopic (exact) mass is 253 g/mol. The van der Waals surface area contributed by atoms with Gasteiger partial charge in [-0.1, -0.05) is 0 Å². The number of hydrogen-bond donors (Lipinski definition) is 1. The van der Waals surface area contributed by atoms with Crippen LogP contribution in [0.4, 0.5) is 14.5 Å². The Morgan fingerprint density at radius 1 is 1.33 bits per heavy atom. The van der Waals surface area contributed by atoms with E-state index in [9.17, 15) is 8.78 Å². The number of halogens is 2. The number of alkyl halides is 2. The number of nitrogens with two attached hydrogens (primary N) is 1. The molecule has 0 saturated heterocycles. The summed E-state index contributed by atoms with van der Waals surface area (Å²) in [5.41, 5.74) is 6.77. The van der Waals surface area contributed by atoms with Crippen LogP contribution in [0.3, 0.4) is 0 Å². The highest BCUT2D eigenvalue weighted by molar-refractivity contribution is 5.48. The first kappa shape index (κ1) is 12.3. The molecule has 0 aliphatic heterocycles. The number of nitrogen functional groups attached to an aromatic ring is 1. The number of benzene rings is 1.